The van der Waals surface area contributed by atoms with E-state index in [9.17, 15) is 0 Å². The smallest absolute Gasteiger partial charge is 0.0628 e. The summed E-state index contributed by atoms with van der Waals surface area (Å²) in [5.74, 6) is 0. The van der Waals surface area contributed by atoms with E-state index in [-0.39, 0.29) is 0 Å². The molecule has 80 valence electrons. The third kappa shape index (κ3) is 2.35. The van der Waals surface area contributed by atoms with E-state index < -0.39 is 0 Å². The second-order valence-electron chi connectivity index (χ2n) is 3.71. The molecule has 0 spiro atoms. The molecule has 0 saturated carbocycles. The Kier molecular flexibility index (Phi) is 4.14. The van der Waals surface area contributed by atoms with Gasteiger partial charge in [-0.25, -0.2) is 0 Å². The van der Waals surface area contributed by atoms with Gasteiger partial charge in [0.05, 0.1) is 5.69 Å². The van der Waals surface area contributed by atoms with Crippen LogP contribution in [0.5, 0.6) is 0 Å². The number of rotatable bonds is 5. The molecule has 1 aromatic rings. The molecule has 1 aromatic heterocycles. The Balaban J connectivity index is 2.70. The average Bonchev–Trinajstić information content (AvgIpc) is 2.45. The molecule has 1 heterocycles. The Hall–Kier alpha value is -0.830. The van der Waals surface area contributed by atoms with Crippen LogP contribution in [0, 0.1) is 13.8 Å². The van der Waals surface area contributed by atoms with Gasteiger partial charge >= 0.3 is 0 Å². The van der Waals surface area contributed by atoms with Gasteiger partial charge in [-0.15, -0.1) is 0 Å². The molecule has 3 nitrogen and oxygen atoms in total. The number of aromatic nitrogens is 2. The summed E-state index contributed by atoms with van der Waals surface area (Å²) in [7, 11) is 0. The first-order valence-electron chi connectivity index (χ1n) is 5.43. The molecule has 0 radical (unpaired) electrons. The maximum absolute atomic E-state index is 5.48. The van der Waals surface area contributed by atoms with Crippen molar-refractivity contribution in [1.82, 2.24) is 9.78 Å². The highest BCUT2D eigenvalue weighted by atomic mass is 15.3. The van der Waals surface area contributed by atoms with Gasteiger partial charge in [-0.05, 0) is 52.1 Å². The van der Waals surface area contributed by atoms with Crippen LogP contribution < -0.4 is 5.73 Å². The van der Waals surface area contributed by atoms with Crippen LogP contribution in [-0.4, -0.2) is 16.3 Å². The van der Waals surface area contributed by atoms with Crippen molar-refractivity contribution in [3.05, 3.63) is 17.0 Å². The highest BCUT2D eigenvalue weighted by Gasteiger charge is 2.09. The summed E-state index contributed by atoms with van der Waals surface area (Å²) in [5, 5.41) is 4.49. The molecule has 2 N–H and O–H groups in total. The van der Waals surface area contributed by atoms with E-state index in [0.717, 1.165) is 25.9 Å². The van der Waals surface area contributed by atoms with Gasteiger partial charge in [-0.1, -0.05) is 0 Å². The Bertz CT molecular complexity index is 289. The molecule has 0 amide bonds. The third-order valence-corrected chi connectivity index (χ3v) is 2.71. The van der Waals surface area contributed by atoms with E-state index in [1.165, 1.54) is 23.4 Å². The Labute approximate surface area is 86.3 Å². The third-order valence-electron chi connectivity index (χ3n) is 2.71. The number of unbranched alkanes of at least 4 members (excludes halogenated alkanes) is 1. The van der Waals surface area contributed by atoms with Crippen LogP contribution in [0.15, 0.2) is 0 Å². The van der Waals surface area contributed by atoms with E-state index in [2.05, 4.69) is 30.6 Å². The van der Waals surface area contributed by atoms with Gasteiger partial charge in [-0.2, -0.15) is 5.10 Å². The van der Waals surface area contributed by atoms with Crippen molar-refractivity contribution in [3.63, 3.8) is 0 Å². The second-order valence-corrected chi connectivity index (χ2v) is 3.71. The Morgan fingerprint density at radius 2 is 2.00 bits per heavy atom. The van der Waals surface area contributed by atoms with E-state index in [1.807, 2.05) is 0 Å². The molecule has 14 heavy (non-hydrogen) atoms. The average molecular weight is 195 g/mol. The van der Waals surface area contributed by atoms with Crippen molar-refractivity contribution in [2.75, 3.05) is 6.54 Å². The first kappa shape index (κ1) is 11.2. The molecule has 0 aliphatic rings. The number of nitrogens with zero attached hydrogens (tertiary/aromatic N) is 2. The fourth-order valence-corrected chi connectivity index (χ4v) is 1.85. The molecule has 0 bridgehead atoms. The number of nitrogens with two attached hydrogens (primary N) is 1. The lowest BCUT2D eigenvalue weighted by Gasteiger charge is -2.02. The molecule has 0 aliphatic heterocycles. The van der Waals surface area contributed by atoms with E-state index in [0.29, 0.717) is 0 Å². The highest BCUT2D eigenvalue weighted by Crippen LogP contribution is 2.15. The number of hydrogen-bond acceptors (Lipinski definition) is 2. The Morgan fingerprint density at radius 1 is 1.29 bits per heavy atom. The molecule has 0 aromatic carbocycles. The van der Waals surface area contributed by atoms with Crippen molar-refractivity contribution in [2.45, 2.75) is 46.6 Å². The van der Waals surface area contributed by atoms with E-state index in [1.54, 1.807) is 0 Å². The van der Waals surface area contributed by atoms with Gasteiger partial charge in [-0.3, -0.25) is 4.68 Å². The fourth-order valence-electron chi connectivity index (χ4n) is 1.85. The normalized spacial score (nSPS) is 10.9. The van der Waals surface area contributed by atoms with Crippen molar-refractivity contribution < 1.29 is 0 Å². The standard InChI is InChI=1S/C11H21N3/c1-4-14-10(3)11(9(2)13-14)7-5-6-8-12/h4-8,12H2,1-3H3. The summed E-state index contributed by atoms with van der Waals surface area (Å²) < 4.78 is 2.08. The minimum Gasteiger partial charge on any atom is -0.330 e. The van der Waals surface area contributed by atoms with Crippen LogP contribution in [0.2, 0.25) is 0 Å². The highest BCUT2D eigenvalue weighted by molar-refractivity contribution is 5.24. The van der Waals surface area contributed by atoms with E-state index in [4.69, 9.17) is 5.73 Å². The van der Waals surface area contributed by atoms with Gasteiger partial charge < -0.3 is 5.73 Å². The summed E-state index contributed by atoms with van der Waals surface area (Å²) in [6, 6.07) is 0. The molecular weight excluding hydrogens is 174 g/mol. The zero-order valence-corrected chi connectivity index (χ0v) is 9.51. The van der Waals surface area contributed by atoms with Crippen molar-refractivity contribution in [1.29, 1.82) is 0 Å². The lowest BCUT2D eigenvalue weighted by Crippen LogP contribution is -2.01. The predicted octanol–water partition coefficient (Wildman–Crippen LogP) is 1.80. The number of aryl methyl sites for hydroxylation is 2. The van der Waals surface area contributed by atoms with Crippen LogP contribution in [0.3, 0.4) is 0 Å². The molecular formula is C11H21N3. The van der Waals surface area contributed by atoms with Gasteiger partial charge in [0.1, 0.15) is 0 Å². The van der Waals surface area contributed by atoms with Crippen LogP contribution in [0.25, 0.3) is 0 Å². The van der Waals surface area contributed by atoms with E-state index >= 15 is 0 Å². The van der Waals surface area contributed by atoms with Crippen LogP contribution >= 0.6 is 0 Å². The first-order chi connectivity index (χ1) is 6.70. The summed E-state index contributed by atoms with van der Waals surface area (Å²) in [6.45, 7) is 8.13. The molecule has 0 atom stereocenters. The summed E-state index contributed by atoms with van der Waals surface area (Å²) >= 11 is 0. The number of hydrogen-bond donors (Lipinski definition) is 1. The van der Waals surface area contributed by atoms with Gasteiger partial charge in [0.25, 0.3) is 0 Å². The molecule has 0 saturated heterocycles. The second kappa shape index (κ2) is 5.15. The molecule has 0 aliphatic carbocycles. The SMILES string of the molecule is CCn1nc(C)c(CCCCN)c1C. The zero-order chi connectivity index (χ0) is 10.6. The van der Waals surface area contributed by atoms with Crippen molar-refractivity contribution >= 4 is 0 Å². The lowest BCUT2D eigenvalue weighted by molar-refractivity contribution is 0.632. The maximum Gasteiger partial charge on any atom is 0.0628 e. The minimum absolute atomic E-state index is 0.792. The Morgan fingerprint density at radius 3 is 2.50 bits per heavy atom. The summed E-state index contributed by atoms with van der Waals surface area (Å²) in [6.07, 6.45) is 3.40. The minimum atomic E-state index is 0.792. The predicted molar refractivity (Wildman–Crippen MR) is 59.4 cm³/mol. The fraction of sp³-hybridized carbons (Fsp3) is 0.727. The van der Waals surface area contributed by atoms with Gasteiger partial charge in [0.15, 0.2) is 0 Å². The molecule has 3 heteroatoms. The lowest BCUT2D eigenvalue weighted by atomic mass is 10.1. The van der Waals surface area contributed by atoms with Crippen LogP contribution in [0.4, 0.5) is 0 Å². The topological polar surface area (TPSA) is 43.8 Å². The quantitative estimate of drug-likeness (QED) is 0.728. The largest absolute Gasteiger partial charge is 0.330 e. The summed E-state index contributed by atoms with van der Waals surface area (Å²) in [5.41, 5.74) is 9.40. The van der Waals surface area contributed by atoms with Crippen molar-refractivity contribution in [2.24, 2.45) is 5.73 Å². The maximum atomic E-state index is 5.48. The molecule has 0 unspecified atom stereocenters. The van der Waals surface area contributed by atoms with Crippen LogP contribution in [-0.2, 0) is 13.0 Å². The first-order valence-corrected chi connectivity index (χ1v) is 5.43. The zero-order valence-electron chi connectivity index (χ0n) is 9.51. The van der Waals surface area contributed by atoms with Crippen LogP contribution in [0.1, 0.15) is 36.7 Å². The van der Waals surface area contributed by atoms with Gasteiger partial charge in [0.2, 0.25) is 0 Å². The molecule has 0 fully saturated rings. The van der Waals surface area contributed by atoms with Gasteiger partial charge in [0, 0.05) is 12.2 Å². The van der Waals surface area contributed by atoms with Crippen molar-refractivity contribution in [3.8, 4) is 0 Å². The monoisotopic (exact) mass is 195 g/mol. The molecule has 1 rings (SSSR count). The summed E-state index contributed by atoms with van der Waals surface area (Å²) in [4.78, 5) is 0.